The minimum atomic E-state index is -0.568. The topological polar surface area (TPSA) is 98.3 Å². The molecule has 1 atom stereocenters. The van der Waals surface area contributed by atoms with Crippen molar-refractivity contribution in [2.75, 3.05) is 6.54 Å². The van der Waals surface area contributed by atoms with Gasteiger partial charge in [0.15, 0.2) is 0 Å². The van der Waals surface area contributed by atoms with Gasteiger partial charge < -0.3 is 11.1 Å². The zero-order valence-corrected chi connectivity index (χ0v) is 9.77. The molecule has 0 aliphatic heterocycles. The average molecular weight is 237 g/mol. The number of hydrogen-bond donors (Lipinski definition) is 2. The van der Waals surface area contributed by atoms with Gasteiger partial charge in [-0.15, -0.1) is 0 Å². The van der Waals surface area contributed by atoms with E-state index >= 15 is 0 Å². The van der Waals surface area contributed by atoms with Gasteiger partial charge in [-0.25, -0.2) is 0 Å². The zero-order valence-electron chi connectivity index (χ0n) is 9.77. The van der Waals surface area contributed by atoms with E-state index < -0.39 is 10.8 Å². The largest absolute Gasteiger partial charge is 0.348 e. The third-order valence-electron chi connectivity index (χ3n) is 2.32. The third kappa shape index (κ3) is 3.25. The van der Waals surface area contributed by atoms with Crippen LogP contribution in [0, 0.1) is 17.0 Å². The summed E-state index contributed by atoms with van der Waals surface area (Å²) in [5, 5.41) is 13.4. The highest BCUT2D eigenvalue weighted by molar-refractivity contribution is 5.98. The maximum atomic E-state index is 11.8. The van der Waals surface area contributed by atoms with Gasteiger partial charge in [0.25, 0.3) is 11.6 Å². The van der Waals surface area contributed by atoms with Crippen LogP contribution in [0.25, 0.3) is 0 Å². The van der Waals surface area contributed by atoms with Crippen LogP contribution in [0.4, 0.5) is 5.69 Å². The third-order valence-corrected chi connectivity index (χ3v) is 2.32. The molecule has 17 heavy (non-hydrogen) atoms. The molecule has 6 nitrogen and oxygen atoms in total. The molecule has 0 spiro atoms. The van der Waals surface area contributed by atoms with Gasteiger partial charge in [-0.1, -0.05) is 6.07 Å². The number of amides is 1. The van der Waals surface area contributed by atoms with Crippen molar-refractivity contribution in [3.8, 4) is 0 Å². The fraction of sp³-hybridized carbons (Fsp3) is 0.364. The highest BCUT2D eigenvalue weighted by atomic mass is 16.6. The molecule has 6 heteroatoms. The van der Waals surface area contributed by atoms with Crippen LogP contribution in [-0.4, -0.2) is 23.4 Å². The summed E-state index contributed by atoms with van der Waals surface area (Å²) in [4.78, 5) is 22.0. The number of hydrogen-bond acceptors (Lipinski definition) is 4. The van der Waals surface area contributed by atoms with Crippen molar-refractivity contribution in [3.05, 3.63) is 39.4 Å². The zero-order chi connectivity index (χ0) is 13.0. The van der Waals surface area contributed by atoms with Crippen molar-refractivity contribution in [3.63, 3.8) is 0 Å². The molecule has 1 aromatic rings. The van der Waals surface area contributed by atoms with E-state index in [1.807, 2.05) is 0 Å². The van der Waals surface area contributed by atoms with Crippen molar-refractivity contribution in [2.45, 2.75) is 19.9 Å². The number of carbonyl (C=O) groups excluding carboxylic acids is 1. The standard InChI is InChI=1S/C11H15N3O3/c1-7-3-4-10(14(16)17)9(5-7)11(15)13-8(2)6-12/h3-5,8H,6,12H2,1-2H3,(H,13,15). The Morgan fingerprint density at radius 1 is 1.59 bits per heavy atom. The van der Waals surface area contributed by atoms with Crippen molar-refractivity contribution in [2.24, 2.45) is 5.73 Å². The molecule has 0 radical (unpaired) electrons. The first-order chi connectivity index (χ1) is 7.95. The molecule has 1 unspecified atom stereocenters. The van der Waals surface area contributed by atoms with Crippen LogP contribution in [0.3, 0.4) is 0 Å². The normalized spacial score (nSPS) is 11.9. The van der Waals surface area contributed by atoms with Crippen LogP contribution in [0.2, 0.25) is 0 Å². The van der Waals surface area contributed by atoms with Gasteiger partial charge in [0.05, 0.1) is 4.92 Å². The Balaban J connectivity index is 3.06. The fourth-order valence-corrected chi connectivity index (χ4v) is 1.35. The summed E-state index contributed by atoms with van der Waals surface area (Å²) in [6.45, 7) is 3.79. The highest BCUT2D eigenvalue weighted by Crippen LogP contribution is 2.19. The number of aryl methyl sites for hydroxylation is 1. The lowest BCUT2D eigenvalue weighted by molar-refractivity contribution is -0.385. The minimum absolute atomic E-state index is 0.0651. The second-order valence-corrected chi connectivity index (χ2v) is 3.89. The first-order valence-electron chi connectivity index (χ1n) is 5.21. The molecule has 92 valence electrons. The molecular weight excluding hydrogens is 222 g/mol. The van der Waals surface area contributed by atoms with E-state index in [-0.39, 0.29) is 23.8 Å². The van der Waals surface area contributed by atoms with Gasteiger partial charge in [-0.05, 0) is 25.5 Å². The SMILES string of the molecule is Cc1ccc([N+](=O)[O-])c(C(=O)NC(C)CN)c1. The molecule has 0 saturated carbocycles. The number of benzene rings is 1. The van der Waals surface area contributed by atoms with E-state index in [4.69, 9.17) is 5.73 Å². The summed E-state index contributed by atoms with van der Waals surface area (Å²) in [5.41, 5.74) is 6.04. The molecule has 0 aliphatic carbocycles. The van der Waals surface area contributed by atoms with E-state index in [1.54, 1.807) is 19.9 Å². The molecule has 0 aromatic heterocycles. The molecule has 0 fully saturated rings. The Hall–Kier alpha value is -1.95. The number of nitro benzene ring substituents is 1. The first kappa shape index (κ1) is 13.1. The molecular formula is C11H15N3O3. The van der Waals surface area contributed by atoms with Gasteiger partial charge in [-0.2, -0.15) is 0 Å². The summed E-state index contributed by atoms with van der Waals surface area (Å²) < 4.78 is 0. The van der Waals surface area contributed by atoms with Gasteiger partial charge in [0, 0.05) is 18.7 Å². The highest BCUT2D eigenvalue weighted by Gasteiger charge is 2.20. The van der Waals surface area contributed by atoms with Crippen LogP contribution < -0.4 is 11.1 Å². The van der Waals surface area contributed by atoms with Crippen LogP contribution in [0.1, 0.15) is 22.8 Å². The van der Waals surface area contributed by atoms with E-state index in [2.05, 4.69) is 5.32 Å². The Kier molecular flexibility index (Phi) is 4.17. The van der Waals surface area contributed by atoms with E-state index in [1.165, 1.54) is 12.1 Å². The predicted octanol–water partition coefficient (Wildman–Crippen LogP) is 0.980. The Bertz CT molecular complexity index is 446. The fourth-order valence-electron chi connectivity index (χ4n) is 1.35. The van der Waals surface area contributed by atoms with Gasteiger partial charge in [-0.3, -0.25) is 14.9 Å². The van der Waals surface area contributed by atoms with Crippen LogP contribution in [-0.2, 0) is 0 Å². The number of nitrogens with zero attached hydrogens (tertiary/aromatic N) is 1. The van der Waals surface area contributed by atoms with Crippen LogP contribution >= 0.6 is 0 Å². The molecule has 1 aromatic carbocycles. The number of nitro groups is 1. The number of nitrogens with two attached hydrogens (primary N) is 1. The molecule has 3 N–H and O–H groups in total. The Labute approximate surface area is 99.0 Å². The smallest absolute Gasteiger partial charge is 0.282 e. The molecule has 0 aliphatic rings. The van der Waals surface area contributed by atoms with Crippen molar-refractivity contribution >= 4 is 11.6 Å². The molecule has 0 saturated heterocycles. The quantitative estimate of drug-likeness (QED) is 0.602. The summed E-state index contributed by atoms with van der Waals surface area (Å²) >= 11 is 0. The van der Waals surface area contributed by atoms with E-state index in [0.29, 0.717) is 0 Å². The average Bonchev–Trinajstić information content (AvgIpc) is 2.28. The molecule has 0 heterocycles. The summed E-state index contributed by atoms with van der Waals surface area (Å²) in [7, 11) is 0. The van der Waals surface area contributed by atoms with E-state index in [0.717, 1.165) is 5.56 Å². The Morgan fingerprint density at radius 3 is 2.76 bits per heavy atom. The number of rotatable bonds is 4. The van der Waals surface area contributed by atoms with Crippen LogP contribution in [0.15, 0.2) is 18.2 Å². The van der Waals surface area contributed by atoms with Gasteiger partial charge in [0.1, 0.15) is 5.56 Å². The first-order valence-corrected chi connectivity index (χ1v) is 5.21. The molecule has 1 rings (SSSR count). The number of nitrogens with one attached hydrogen (secondary N) is 1. The molecule has 1 amide bonds. The lowest BCUT2D eigenvalue weighted by Crippen LogP contribution is -2.38. The van der Waals surface area contributed by atoms with Crippen molar-refractivity contribution in [1.82, 2.24) is 5.32 Å². The Morgan fingerprint density at radius 2 is 2.24 bits per heavy atom. The number of carbonyl (C=O) groups is 1. The molecule has 0 bridgehead atoms. The predicted molar refractivity (Wildman–Crippen MR) is 63.8 cm³/mol. The van der Waals surface area contributed by atoms with Crippen molar-refractivity contribution in [1.29, 1.82) is 0 Å². The van der Waals surface area contributed by atoms with Gasteiger partial charge in [0.2, 0.25) is 0 Å². The van der Waals surface area contributed by atoms with E-state index in [9.17, 15) is 14.9 Å². The minimum Gasteiger partial charge on any atom is -0.348 e. The lowest BCUT2D eigenvalue weighted by Gasteiger charge is -2.11. The van der Waals surface area contributed by atoms with Crippen LogP contribution in [0.5, 0.6) is 0 Å². The summed E-state index contributed by atoms with van der Waals surface area (Å²) in [6, 6.07) is 4.21. The second-order valence-electron chi connectivity index (χ2n) is 3.89. The monoisotopic (exact) mass is 237 g/mol. The van der Waals surface area contributed by atoms with Crippen molar-refractivity contribution < 1.29 is 9.72 Å². The lowest BCUT2D eigenvalue weighted by atomic mass is 10.1. The summed E-state index contributed by atoms with van der Waals surface area (Å²) in [6.07, 6.45) is 0. The summed E-state index contributed by atoms with van der Waals surface area (Å²) in [5.74, 6) is -0.474. The maximum Gasteiger partial charge on any atom is 0.282 e. The van der Waals surface area contributed by atoms with Gasteiger partial charge >= 0.3 is 0 Å². The second kappa shape index (κ2) is 5.40. The maximum absolute atomic E-state index is 11.8.